The molecule has 0 fully saturated rings. The number of hydrogen-bond donors (Lipinski definition) is 0. The fourth-order valence-corrected chi connectivity index (χ4v) is 3.77. The third-order valence-electron chi connectivity index (χ3n) is 4.86. The highest BCUT2D eigenvalue weighted by atomic mass is 16.1. The molecule has 120 valence electrons. The zero-order valence-electron chi connectivity index (χ0n) is 13.9. The molecule has 0 bridgehead atoms. The van der Waals surface area contributed by atoms with Gasteiger partial charge < -0.3 is 4.79 Å². The lowest BCUT2D eigenvalue weighted by Gasteiger charge is -2.14. The summed E-state index contributed by atoms with van der Waals surface area (Å²) in [5.74, 6) is 0. The van der Waals surface area contributed by atoms with Gasteiger partial charge in [0.25, 0.3) is 0 Å². The summed E-state index contributed by atoms with van der Waals surface area (Å²) >= 11 is 0. The number of benzene rings is 5. The summed E-state index contributed by atoms with van der Waals surface area (Å²) in [5.41, 5.74) is 2.77. The van der Waals surface area contributed by atoms with E-state index < -0.39 is 0 Å². The smallest absolute Gasteiger partial charge is 0.106 e. The average molecular weight is 322 g/mol. The topological polar surface area (TPSA) is 17.1 Å². The van der Waals surface area contributed by atoms with E-state index in [0.717, 1.165) is 6.42 Å². The molecule has 1 nitrogen and oxygen atoms in total. The van der Waals surface area contributed by atoms with Gasteiger partial charge in [0.2, 0.25) is 0 Å². The lowest BCUT2D eigenvalue weighted by molar-refractivity contribution is -0.0979. The highest BCUT2D eigenvalue weighted by Gasteiger charge is 2.10. The first-order valence-electron chi connectivity index (χ1n) is 8.38. The summed E-state index contributed by atoms with van der Waals surface area (Å²) in [4.78, 5) is 8.00. The maximum Gasteiger partial charge on any atom is 0.106 e. The Bertz CT molecular complexity index is 1130. The van der Waals surface area contributed by atoms with Gasteiger partial charge in [-0.05, 0) is 49.9 Å². The van der Waals surface area contributed by atoms with Crippen LogP contribution in [0.3, 0.4) is 0 Å². The molecule has 0 amide bonds. The molecule has 0 unspecified atom stereocenters. The van der Waals surface area contributed by atoms with E-state index in [0.29, 0.717) is 0 Å². The van der Waals surface area contributed by atoms with E-state index in [9.17, 15) is 0 Å². The molecule has 0 spiro atoms. The van der Waals surface area contributed by atoms with E-state index in [1.54, 1.807) is 0 Å². The number of rotatable bonds is 2. The number of carbonyl (C=O) groups is 1. The van der Waals surface area contributed by atoms with Gasteiger partial charge >= 0.3 is 0 Å². The van der Waals surface area contributed by atoms with Crippen LogP contribution in [0.25, 0.3) is 32.3 Å². The monoisotopic (exact) mass is 322 g/mol. The van der Waals surface area contributed by atoms with Gasteiger partial charge in [-0.3, -0.25) is 0 Å². The van der Waals surface area contributed by atoms with E-state index in [-0.39, 0.29) is 0 Å². The van der Waals surface area contributed by atoms with Crippen molar-refractivity contribution in [1.29, 1.82) is 0 Å². The lowest BCUT2D eigenvalue weighted by atomic mass is 9.90. The molecular formula is C24H18O. The van der Waals surface area contributed by atoms with Crippen LogP contribution in [-0.4, -0.2) is 6.79 Å². The van der Waals surface area contributed by atoms with Gasteiger partial charge in [0.1, 0.15) is 6.79 Å². The zero-order valence-corrected chi connectivity index (χ0v) is 13.9. The Hall–Kier alpha value is -3.19. The van der Waals surface area contributed by atoms with Crippen LogP contribution in [0, 0.1) is 0 Å². The fraction of sp³-hybridized carbons (Fsp3) is 0.0417. The summed E-state index contributed by atoms with van der Waals surface area (Å²) in [7, 11) is 0. The molecule has 0 heterocycles. The zero-order chi connectivity index (χ0) is 17.2. The molecule has 0 aliphatic carbocycles. The first-order chi connectivity index (χ1) is 12.4. The summed E-state index contributed by atoms with van der Waals surface area (Å²) in [6.07, 6.45) is 0.981. The maximum atomic E-state index is 8.00. The van der Waals surface area contributed by atoms with Gasteiger partial charge in [0.05, 0.1) is 0 Å². The van der Waals surface area contributed by atoms with Crippen molar-refractivity contribution in [1.82, 2.24) is 0 Å². The summed E-state index contributed by atoms with van der Waals surface area (Å²) in [6.45, 7) is 2.00. The van der Waals surface area contributed by atoms with Crippen LogP contribution in [0.5, 0.6) is 0 Å². The van der Waals surface area contributed by atoms with Crippen molar-refractivity contribution in [2.75, 3.05) is 0 Å². The van der Waals surface area contributed by atoms with Gasteiger partial charge in [-0.25, -0.2) is 0 Å². The van der Waals surface area contributed by atoms with E-state index in [2.05, 4.69) is 84.9 Å². The molecule has 0 saturated carbocycles. The Morgan fingerprint density at radius 2 is 1.16 bits per heavy atom. The highest BCUT2D eigenvalue weighted by molar-refractivity contribution is 6.23. The molecule has 0 N–H and O–H groups in total. The second kappa shape index (κ2) is 6.37. The van der Waals surface area contributed by atoms with Crippen molar-refractivity contribution in [3.05, 3.63) is 96.1 Å². The van der Waals surface area contributed by atoms with Crippen molar-refractivity contribution in [3.63, 3.8) is 0 Å². The molecule has 1 heteroatoms. The number of hydrogen-bond acceptors (Lipinski definition) is 1. The predicted molar refractivity (Wildman–Crippen MR) is 107 cm³/mol. The van der Waals surface area contributed by atoms with Crippen molar-refractivity contribution < 1.29 is 4.79 Å². The Labute approximate surface area is 146 Å². The molecule has 0 radical (unpaired) electrons. The molecule has 5 aromatic carbocycles. The van der Waals surface area contributed by atoms with Crippen LogP contribution in [0.4, 0.5) is 0 Å². The Balaban J connectivity index is 0.000000758. The minimum Gasteiger partial charge on any atom is -0.307 e. The molecule has 0 aromatic heterocycles. The first kappa shape index (κ1) is 15.3. The maximum absolute atomic E-state index is 8.00. The van der Waals surface area contributed by atoms with Crippen LogP contribution in [0.2, 0.25) is 0 Å². The fourth-order valence-electron chi connectivity index (χ4n) is 3.77. The third kappa shape index (κ3) is 2.54. The van der Waals surface area contributed by atoms with E-state index in [4.69, 9.17) is 4.79 Å². The Morgan fingerprint density at radius 1 is 0.560 bits per heavy atom. The summed E-state index contributed by atoms with van der Waals surface area (Å²) < 4.78 is 0. The van der Waals surface area contributed by atoms with E-state index in [1.165, 1.54) is 43.4 Å². The molecule has 0 saturated heterocycles. The van der Waals surface area contributed by atoms with Crippen molar-refractivity contribution in [2.45, 2.75) is 6.42 Å². The Morgan fingerprint density at radius 3 is 1.88 bits per heavy atom. The van der Waals surface area contributed by atoms with Gasteiger partial charge in [-0.2, -0.15) is 0 Å². The lowest BCUT2D eigenvalue weighted by Crippen LogP contribution is -1.92. The van der Waals surface area contributed by atoms with Crippen molar-refractivity contribution in [3.8, 4) is 0 Å². The summed E-state index contributed by atoms with van der Waals surface area (Å²) in [5, 5.41) is 8.19. The normalized spacial score (nSPS) is 10.9. The standard InChI is InChI=1S/C23H16.CH2O/c1-2-5-16(6-3-1)15-20-12-11-19-10-9-17-7-4-8-18-13-14-21(20)23(19)22(17)18;1-2/h1-14H,15H2;1H2. The Kier molecular flexibility index (Phi) is 3.91. The molecule has 5 rings (SSSR count). The van der Waals surface area contributed by atoms with E-state index in [1.807, 2.05) is 6.79 Å². The predicted octanol–water partition coefficient (Wildman–Crippen LogP) is 5.99. The second-order valence-corrected chi connectivity index (χ2v) is 6.24. The summed E-state index contributed by atoms with van der Waals surface area (Å²) in [6, 6.07) is 30.9. The molecule has 0 aliphatic heterocycles. The molecule has 5 aromatic rings. The van der Waals surface area contributed by atoms with Gasteiger partial charge in [0, 0.05) is 0 Å². The highest BCUT2D eigenvalue weighted by Crippen LogP contribution is 2.36. The second-order valence-electron chi connectivity index (χ2n) is 6.24. The molecule has 0 atom stereocenters. The van der Waals surface area contributed by atoms with Crippen LogP contribution >= 0.6 is 0 Å². The van der Waals surface area contributed by atoms with Crippen LogP contribution < -0.4 is 0 Å². The first-order valence-corrected chi connectivity index (χ1v) is 8.38. The van der Waals surface area contributed by atoms with Gasteiger partial charge in [0.15, 0.2) is 0 Å². The van der Waals surface area contributed by atoms with E-state index >= 15 is 0 Å². The minimum atomic E-state index is 0.981. The molecule has 0 aliphatic rings. The van der Waals surface area contributed by atoms with Crippen molar-refractivity contribution in [2.24, 2.45) is 0 Å². The minimum absolute atomic E-state index is 0.981. The average Bonchev–Trinajstić information content (AvgIpc) is 2.69. The number of carbonyl (C=O) groups excluding carboxylic acids is 1. The molecule has 25 heavy (non-hydrogen) atoms. The molecular weight excluding hydrogens is 304 g/mol. The van der Waals surface area contributed by atoms with Crippen molar-refractivity contribution >= 4 is 39.1 Å². The quantitative estimate of drug-likeness (QED) is 0.365. The van der Waals surface area contributed by atoms with Gasteiger partial charge in [-0.15, -0.1) is 0 Å². The SMILES string of the molecule is C=O.c1ccc(Cc2ccc3ccc4cccc5ccc2c3c45)cc1. The van der Waals surface area contributed by atoms with Crippen LogP contribution in [0.15, 0.2) is 84.9 Å². The van der Waals surface area contributed by atoms with Crippen LogP contribution in [-0.2, 0) is 11.2 Å². The van der Waals surface area contributed by atoms with Gasteiger partial charge in [-0.1, -0.05) is 84.9 Å². The largest absolute Gasteiger partial charge is 0.307 e. The van der Waals surface area contributed by atoms with Crippen LogP contribution in [0.1, 0.15) is 11.1 Å². The third-order valence-corrected chi connectivity index (χ3v) is 4.86.